The molecule has 3 heterocycles. The first-order chi connectivity index (χ1) is 16.9. The van der Waals surface area contributed by atoms with Gasteiger partial charge < -0.3 is 26.2 Å². The van der Waals surface area contributed by atoms with Crippen molar-refractivity contribution in [2.24, 2.45) is 11.8 Å². The predicted octanol–water partition coefficient (Wildman–Crippen LogP) is 3.48. The third-order valence-electron chi connectivity index (χ3n) is 8.53. The van der Waals surface area contributed by atoms with Gasteiger partial charge in [-0.15, -0.1) is 0 Å². The van der Waals surface area contributed by atoms with E-state index in [9.17, 15) is 10.2 Å². The highest BCUT2D eigenvalue weighted by Gasteiger charge is 2.54. The Morgan fingerprint density at radius 2 is 1.83 bits per heavy atom. The van der Waals surface area contributed by atoms with E-state index in [0.717, 1.165) is 58.5 Å². The zero-order chi connectivity index (χ0) is 24.0. The van der Waals surface area contributed by atoms with E-state index in [2.05, 4.69) is 53.6 Å². The summed E-state index contributed by atoms with van der Waals surface area (Å²) in [7, 11) is 0. The molecule has 3 aliphatic rings. The van der Waals surface area contributed by atoms with Crippen molar-refractivity contribution in [3.8, 4) is 0 Å². The summed E-state index contributed by atoms with van der Waals surface area (Å²) in [5.74, 6) is 1.67. The van der Waals surface area contributed by atoms with Crippen LogP contribution in [-0.4, -0.2) is 41.9 Å². The van der Waals surface area contributed by atoms with Crippen molar-refractivity contribution in [1.29, 1.82) is 0 Å². The molecule has 2 unspecified atom stereocenters. The minimum atomic E-state index is -0.840. The van der Waals surface area contributed by atoms with E-state index in [-0.39, 0.29) is 12.0 Å². The number of rotatable bonds is 3. The third kappa shape index (κ3) is 3.14. The van der Waals surface area contributed by atoms with Crippen LogP contribution in [0.4, 0.5) is 11.6 Å². The predicted molar refractivity (Wildman–Crippen MR) is 138 cm³/mol. The number of benzene rings is 1. The number of aryl methyl sites for hydroxylation is 1. The fourth-order valence-corrected chi connectivity index (χ4v) is 7.14. The second kappa shape index (κ2) is 7.62. The molecule has 0 radical (unpaired) electrons. The molecule has 2 fully saturated rings. The van der Waals surface area contributed by atoms with E-state index in [1.807, 2.05) is 6.07 Å². The lowest BCUT2D eigenvalue weighted by molar-refractivity contribution is 0.00235. The van der Waals surface area contributed by atoms with Gasteiger partial charge in [-0.3, -0.25) is 0 Å². The molecular formula is C26H27BrN6O2. The van der Waals surface area contributed by atoms with Crippen molar-refractivity contribution in [3.05, 3.63) is 51.9 Å². The number of nitrogens with two attached hydrogens (primary N) is 2. The van der Waals surface area contributed by atoms with Gasteiger partial charge in [0, 0.05) is 11.1 Å². The van der Waals surface area contributed by atoms with Crippen molar-refractivity contribution in [2.75, 3.05) is 11.5 Å². The smallest absolute Gasteiger partial charge is 0.146 e. The topological polar surface area (TPSA) is 136 Å². The number of fused-ring (bicyclic) bond motifs is 4. The largest absolute Gasteiger partial charge is 0.390 e. The molecule has 0 saturated heterocycles. The summed E-state index contributed by atoms with van der Waals surface area (Å²) in [5.41, 5.74) is 17.5. The molecule has 0 amide bonds. The number of pyridine rings is 1. The maximum Gasteiger partial charge on any atom is 0.146 e. The first-order valence-corrected chi connectivity index (χ1v) is 13.1. The van der Waals surface area contributed by atoms with E-state index in [4.69, 9.17) is 11.5 Å². The zero-order valence-corrected chi connectivity index (χ0v) is 20.7. The first-order valence-electron chi connectivity index (χ1n) is 12.3. The van der Waals surface area contributed by atoms with Crippen LogP contribution >= 0.6 is 15.9 Å². The Morgan fingerprint density at radius 1 is 0.971 bits per heavy atom. The number of hydrogen-bond acceptors (Lipinski definition) is 7. The number of aromatic nitrogens is 4. The summed E-state index contributed by atoms with van der Waals surface area (Å²) in [6, 6.07) is 8.12. The molecule has 8 nitrogen and oxygen atoms in total. The van der Waals surface area contributed by atoms with Crippen molar-refractivity contribution < 1.29 is 10.2 Å². The fourth-order valence-electron chi connectivity index (χ4n) is 6.81. The summed E-state index contributed by atoms with van der Waals surface area (Å²) >= 11 is 3.45. The van der Waals surface area contributed by atoms with Crippen molar-refractivity contribution >= 4 is 49.5 Å². The van der Waals surface area contributed by atoms with Gasteiger partial charge in [-0.1, -0.05) is 12.1 Å². The molecule has 6 N–H and O–H groups in total. The summed E-state index contributed by atoms with van der Waals surface area (Å²) < 4.78 is 2.97. The highest BCUT2D eigenvalue weighted by molar-refractivity contribution is 9.10. The number of nitrogens with zero attached hydrogens (tertiary/aromatic N) is 4. The minimum absolute atomic E-state index is 0.0207. The van der Waals surface area contributed by atoms with Crippen molar-refractivity contribution in [2.45, 2.75) is 56.3 Å². The highest BCUT2D eigenvalue weighted by Crippen LogP contribution is 2.58. The number of halogens is 1. The second-order valence-corrected chi connectivity index (χ2v) is 11.2. The van der Waals surface area contributed by atoms with E-state index >= 15 is 0 Å². The summed E-state index contributed by atoms with van der Waals surface area (Å²) in [6.45, 7) is 0. The monoisotopic (exact) mass is 534 g/mol. The summed E-state index contributed by atoms with van der Waals surface area (Å²) in [6.07, 6.45) is 4.55. The van der Waals surface area contributed by atoms with E-state index in [1.54, 1.807) is 0 Å². The van der Waals surface area contributed by atoms with Crippen molar-refractivity contribution in [3.63, 3.8) is 0 Å². The molecule has 0 spiro atoms. The fraction of sp³-hybridized carbons (Fsp3) is 0.423. The quantitative estimate of drug-likeness (QED) is 0.315. The van der Waals surface area contributed by atoms with Crippen LogP contribution in [0.1, 0.15) is 48.0 Å². The van der Waals surface area contributed by atoms with Gasteiger partial charge in [-0.2, -0.15) is 0 Å². The van der Waals surface area contributed by atoms with Gasteiger partial charge in [0.2, 0.25) is 0 Å². The highest BCUT2D eigenvalue weighted by atomic mass is 79.9. The first kappa shape index (κ1) is 21.5. The Hall–Kier alpha value is -2.75. The maximum atomic E-state index is 11.2. The summed E-state index contributed by atoms with van der Waals surface area (Å²) in [5, 5.41) is 24.3. The molecule has 2 saturated carbocycles. The van der Waals surface area contributed by atoms with Gasteiger partial charge in [-0.25, -0.2) is 15.0 Å². The Morgan fingerprint density at radius 3 is 2.69 bits per heavy atom. The second-order valence-electron chi connectivity index (χ2n) is 10.4. The Bertz CT molecular complexity index is 1500. The van der Waals surface area contributed by atoms with Gasteiger partial charge in [0.15, 0.2) is 0 Å². The molecule has 180 valence electrons. The molecule has 1 aromatic carbocycles. The standard InChI is InChI=1S/C26H27BrN6O2/c27-17-6-12-5-4-11(7-18(12)32-24(17)28)14-8-15(14)16-9-20(23(35)22(16)34)33-19-3-1-2-13(19)21-25(29)30-10-31-26(21)33/h4-7,10,14-16,20,22-23,34-35H,1-3,8-9H2,(H2,28,32)(H2,29,30,31)/t14?,15?,16-,20-,22-,23+/m1/s1. The van der Waals surface area contributed by atoms with Crippen LogP contribution in [0.5, 0.6) is 0 Å². The van der Waals surface area contributed by atoms with Crippen LogP contribution in [0.2, 0.25) is 0 Å². The lowest BCUT2D eigenvalue weighted by atomic mass is 9.95. The molecule has 35 heavy (non-hydrogen) atoms. The Balaban J connectivity index is 1.20. The van der Waals surface area contributed by atoms with Gasteiger partial charge in [0.25, 0.3) is 0 Å². The van der Waals surface area contributed by atoms with Gasteiger partial charge in [-0.05, 0) is 89.0 Å². The van der Waals surface area contributed by atoms with Crippen LogP contribution in [0, 0.1) is 11.8 Å². The summed E-state index contributed by atoms with van der Waals surface area (Å²) in [4.78, 5) is 13.3. The van der Waals surface area contributed by atoms with E-state index in [0.29, 0.717) is 23.5 Å². The number of anilines is 2. The van der Waals surface area contributed by atoms with Crippen LogP contribution in [-0.2, 0) is 12.8 Å². The Kier molecular flexibility index (Phi) is 4.69. The normalized spacial score (nSPS) is 29.8. The minimum Gasteiger partial charge on any atom is -0.390 e. The van der Waals surface area contributed by atoms with Gasteiger partial charge in [0.1, 0.15) is 29.7 Å². The molecule has 0 bridgehead atoms. The molecular weight excluding hydrogens is 508 g/mol. The van der Waals surface area contributed by atoms with Crippen LogP contribution in [0.3, 0.4) is 0 Å². The zero-order valence-electron chi connectivity index (χ0n) is 19.1. The molecule has 6 atom stereocenters. The SMILES string of the molecule is Nc1nc2cc(C3CC3[C@H]3C[C@@H](n4c5c(c6c(N)ncnc64)CCC5)[C@H](O)[C@@H]3O)ccc2cc1Br. The molecule has 3 aliphatic carbocycles. The van der Waals surface area contributed by atoms with Crippen LogP contribution in [0.25, 0.3) is 21.9 Å². The van der Waals surface area contributed by atoms with E-state index in [1.165, 1.54) is 23.1 Å². The van der Waals surface area contributed by atoms with Gasteiger partial charge in [0.05, 0.1) is 27.5 Å². The lowest BCUT2D eigenvalue weighted by Crippen LogP contribution is -2.30. The number of aliphatic hydroxyl groups excluding tert-OH is 2. The van der Waals surface area contributed by atoms with E-state index < -0.39 is 12.2 Å². The molecule has 0 aliphatic heterocycles. The third-order valence-corrected chi connectivity index (χ3v) is 9.17. The molecule has 9 heteroatoms. The van der Waals surface area contributed by atoms with Crippen LogP contribution in [0.15, 0.2) is 35.1 Å². The lowest BCUT2D eigenvalue weighted by Gasteiger charge is -2.21. The molecule has 4 aromatic rings. The average molecular weight is 535 g/mol. The molecule has 3 aromatic heterocycles. The maximum absolute atomic E-state index is 11.2. The average Bonchev–Trinajstić information content (AvgIpc) is 3.23. The molecule has 7 rings (SSSR count). The number of nitrogen functional groups attached to an aromatic ring is 2. The Labute approximate surface area is 210 Å². The number of hydrogen-bond donors (Lipinski definition) is 4. The van der Waals surface area contributed by atoms with Crippen LogP contribution < -0.4 is 11.5 Å². The van der Waals surface area contributed by atoms with Crippen molar-refractivity contribution in [1.82, 2.24) is 19.5 Å². The van der Waals surface area contributed by atoms with Gasteiger partial charge >= 0.3 is 0 Å². The number of aliphatic hydroxyl groups is 2.